The quantitative estimate of drug-likeness (QED) is 0.655. The molecule has 1 aliphatic heterocycles. The molecule has 1 saturated heterocycles. The molecule has 8 heteroatoms. The molecule has 0 unspecified atom stereocenters. The van der Waals surface area contributed by atoms with Gasteiger partial charge in [0.25, 0.3) is 0 Å². The van der Waals surface area contributed by atoms with E-state index in [2.05, 4.69) is 14.9 Å². The molecule has 1 aliphatic rings. The highest BCUT2D eigenvalue weighted by Crippen LogP contribution is 2.33. The molecule has 1 fully saturated rings. The molecular formula is C12H14N4O4. The average Bonchev–Trinajstić information content (AvgIpc) is 2.86. The lowest BCUT2D eigenvalue weighted by molar-refractivity contribution is -0.383. The molecule has 0 radical (unpaired) electrons. The van der Waals surface area contributed by atoms with Crippen molar-refractivity contribution in [2.45, 2.75) is 25.4 Å². The molecule has 8 nitrogen and oxygen atoms in total. The number of hydrogen-bond donors (Lipinski definition) is 1. The summed E-state index contributed by atoms with van der Waals surface area (Å²) >= 11 is 0. The van der Waals surface area contributed by atoms with Crippen molar-refractivity contribution in [1.29, 1.82) is 0 Å². The van der Waals surface area contributed by atoms with Crippen molar-refractivity contribution >= 4 is 22.4 Å². The molecule has 106 valence electrons. The van der Waals surface area contributed by atoms with Gasteiger partial charge >= 0.3 is 5.69 Å². The summed E-state index contributed by atoms with van der Waals surface area (Å²) < 4.78 is 4.65. The van der Waals surface area contributed by atoms with E-state index in [9.17, 15) is 15.2 Å². The molecule has 0 saturated carbocycles. The van der Waals surface area contributed by atoms with Crippen molar-refractivity contribution in [3.63, 3.8) is 0 Å². The Morgan fingerprint density at radius 2 is 2.00 bits per heavy atom. The van der Waals surface area contributed by atoms with Gasteiger partial charge in [0, 0.05) is 19.2 Å². The fourth-order valence-corrected chi connectivity index (χ4v) is 2.47. The third-order valence-corrected chi connectivity index (χ3v) is 3.75. The minimum Gasteiger partial charge on any atom is -0.390 e. The Hall–Kier alpha value is -2.22. The van der Waals surface area contributed by atoms with Crippen LogP contribution >= 0.6 is 0 Å². The van der Waals surface area contributed by atoms with Crippen molar-refractivity contribution < 1.29 is 14.7 Å². The molecule has 1 aromatic heterocycles. The average molecular weight is 278 g/mol. The van der Waals surface area contributed by atoms with Crippen LogP contribution in [0, 0.1) is 10.1 Å². The number of anilines is 1. The van der Waals surface area contributed by atoms with Gasteiger partial charge in [0.05, 0.1) is 16.2 Å². The van der Waals surface area contributed by atoms with Gasteiger partial charge in [0.15, 0.2) is 5.52 Å². The van der Waals surface area contributed by atoms with E-state index in [0.717, 1.165) is 5.69 Å². The van der Waals surface area contributed by atoms with Gasteiger partial charge in [-0.3, -0.25) is 10.1 Å². The molecule has 20 heavy (non-hydrogen) atoms. The first-order chi connectivity index (χ1) is 9.48. The summed E-state index contributed by atoms with van der Waals surface area (Å²) in [4.78, 5) is 12.5. The predicted octanol–water partition coefficient (Wildman–Crippen LogP) is 1.48. The summed E-state index contributed by atoms with van der Waals surface area (Å²) in [7, 11) is 0. The monoisotopic (exact) mass is 278 g/mol. The summed E-state index contributed by atoms with van der Waals surface area (Å²) in [5.41, 5.74) is 0.528. The third kappa shape index (κ3) is 2.07. The first kappa shape index (κ1) is 12.8. The van der Waals surface area contributed by atoms with Crippen LogP contribution in [-0.2, 0) is 0 Å². The summed E-state index contributed by atoms with van der Waals surface area (Å²) in [6.45, 7) is 3.13. The highest BCUT2D eigenvalue weighted by atomic mass is 16.6. The number of fused-ring (bicyclic) bond motifs is 1. The largest absolute Gasteiger partial charge is 0.390 e. The van der Waals surface area contributed by atoms with E-state index in [4.69, 9.17) is 0 Å². The smallest absolute Gasteiger partial charge is 0.300 e. The molecule has 0 aliphatic carbocycles. The van der Waals surface area contributed by atoms with E-state index in [1.807, 2.05) is 11.8 Å². The van der Waals surface area contributed by atoms with Crippen molar-refractivity contribution in [3.05, 3.63) is 22.2 Å². The van der Waals surface area contributed by atoms with Crippen LogP contribution in [0.2, 0.25) is 0 Å². The van der Waals surface area contributed by atoms with Crippen molar-refractivity contribution in [3.8, 4) is 0 Å². The van der Waals surface area contributed by atoms with Crippen LogP contribution < -0.4 is 4.90 Å². The Kier molecular flexibility index (Phi) is 2.82. The first-order valence-electron chi connectivity index (χ1n) is 6.35. The van der Waals surface area contributed by atoms with Crippen LogP contribution in [0.5, 0.6) is 0 Å². The lowest BCUT2D eigenvalue weighted by Crippen LogP contribution is -2.42. The normalized spacial score (nSPS) is 18.4. The number of nitro benzene ring substituents is 1. The van der Waals surface area contributed by atoms with E-state index in [1.54, 1.807) is 6.07 Å². The Morgan fingerprint density at radius 1 is 1.35 bits per heavy atom. The third-order valence-electron chi connectivity index (χ3n) is 3.75. The van der Waals surface area contributed by atoms with E-state index >= 15 is 0 Å². The number of benzene rings is 1. The Labute approximate surface area is 114 Å². The van der Waals surface area contributed by atoms with Crippen LogP contribution in [0.3, 0.4) is 0 Å². The van der Waals surface area contributed by atoms with Crippen LogP contribution in [0.1, 0.15) is 19.8 Å². The second kappa shape index (κ2) is 4.41. The zero-order valence-electron chi connectivity index (χ0n) is 10.9. The van der Waals surface area contributed by atoms with Crippen LogP contribution in [-0.4, -0.2) is 39.0 Å². The summed E-state index contributed by atoms with van der Waals surface area (Å²) in [5.74, 6) is 0. The standard InChI is InChI=1S/C12H14N4O4/c1-12(17)4-6-15(7-5-12)8-2-3-9(16(18)19)11-10(8)13-20-14-11/h2-3,17H,4-7H2,1H3. The van der Waals surface area contributed by atoms with Crippen LogP contribution in [0.15, 0.2) is 16.8 Å². The molecule has 1 aromatic carbocycles. The van der Waals surface area contributed by atoms with Crippen molar-refractivity contribution in [2.24, 2.45) is 0 Å². The van der Waals surface area contributed by atoms with E-state index in [0.29, 0.717) is 31.4 Å². The van der Waals surface area contributed by atoms with Crippen LogP contribution in [0.4, 0.5) is 11.4 Å². The lowest BCUT2D eigenvalue weighted by atomic mass is 9.93. The second-order valence-electron chi connectivity index (χ2n) is 5.31. The minimum absolute atomic E-state index is 0.117. The molecule has 0 atom stereocenters. The van der Waals surface area contributed by atoms with Crippen LogP contribution in [0.25, 0.3) is 11.0 Å². The molecule has 0 amide bonds. The highest BCUT2D eigenvalue weighted by Gasteiger charge is 2.30. The number of hydrogen-bond acceptors (Lipinski definition) is 7. The van der Waals surface area contributed by atoms with Gasteiger partial charge in [-0.15, -0.1) is 0 Å². The number of aromatic nitrogens is 2. The molecule has 3 rings (SSSR count). The zero-order valence-corrected chi connectivity index (χ0v) is 10.9. The zero-order chi connectivity index (χ0) is 14.3. The van der Waals surface area contributed by atoms with Gasteiger partial charge in [0.2, 0.25) is 5.52 Å². The SMILES string of the molecule is CC1(O)CCN(c2ccc([N+](=O)[O-])c3nonc23)CC1. The fourth-order valence-electron chi connectivity index (χ4n) is 2.47. The number of non-ortho nitro benzene ring substituents is 1. The molecule has 2 aromatic rings. The number of piperidine rings is 1. The molecule has 1 N–H and O–H groups in total. The number of aliphatic hydroxyl groups is 1. The maximum Gasteiger partial charge on any atom is 0.300 e. The maximum absolute atomic E-state index is 10.9. The van der Waals surface area contributed by atoms with E-state index < -0.39 is 10.5 Å². The lowest BCUT2D eigenvalue weighted by Gasteiger charge is -2.36. The summed E-state index contributed by atoms with van der Waals surface area (Å²) in [6, 6.07) is 3.07. The number of rotatable bonds is 2. The Balaban J connectivity index is 1.99. The van der Waals surface area contributed by atoms with Crippen molar-refractivity contribution in [2.75, 3.05) is 18.0 Å². The van der Waals surface area contributed by atoms with E-state index in [1.165, 1.54) is 6.07 Å². The molecule has 2 heterocycles. The van der Waals surface area contributed by atoms with E-state index in [-0.39, 0.29) is 11.2 Å². The van der Waals surface area contributed by atoms with Gasteiger partial charge < -0.3 is 10.0 Å². The van der Waals surface area contributed by atoms with Gasteiger partial charge in [-0.2, -0.15) is 0 Å². The molecule has 0 bridgehead atoms. The van der Waals surface area contributed by atoms with Gasteiger partial charge in [-0.25, -0.2) is 4.63 Å². The highest BCUT2D eigenvalue weighted by molar-refractivity contribution is 5.93. The first-order valence-corrected chi connectivity index (χ1v) is 6.35. The number of nitro groups is 1. The maximum atomic E-state index is 10.9. The second-order valence-corrected chi connectivity index (χ2v) is 5.31. The summed E-state index contributed by atoms with van der Waals surface area (Å²) in [6.07, 6.45) is 1.27. The van der Waals surface area contributed by atoms with Crippen molar-refractivity contribution in [1.82, 2.24) is 10.3 Å². The predicted molar refractivity (Wildman–Crippen MR) is 70.5 cm³/mol. The van der Waals surface area contributed by atoms with Gasteiger partial charge in [-0.1, -0.05) is 0 Å². The van der Waals surface area contributed by atoms with Gasteiger partial charge in [-0.05, 0) is 36.1 Å². The summed E-state index contributed by atoms with van der Waals surface area (Å²) in [5, 5.41) is 28.3. The van der Waals surface area contributed by atoms with Gasteiger partial charge in [0.1, 0.15) is 0 Å². The fraction of sp³-hybridized carbons (Fsp3) is 0.500. The molecular weight excluding hydrogens is 264 g/mol. The number of nitrogens with zero attached hydrogens (tertiary/aromatic N) is 4. The minimum atomic E-state index is -0.654. The topological polar surface area (TPSA) is 106 Å². The Bertz CT molecular complexity index is 657. The molecule has 0 spiro atoms. The Morgan fingerprint density at radius 3 is 2.65 bits per heavy atom.